The molecule has 4 rings (SSSR count). The van der Waals surface area contributed by atoms with Crippen LogP contribution in [0.5, 0.6) is 0 Å². The molecular formula is C22H25N3O3. The molecule has 2 aromatic rings. The number of fused-ring (bicyclic) bond motifs is 1. The van der Waals surface area contributed by atoms with Gasteiger partial charge in [-0.05, 0) is 48.6 Å². The van der Waals surface area contributed by atoms with Gasteiger partial charge in [0.1, 0.15) is 0 Å². The molecule has 0 bridgehead atoms. The molecule has 0 spiro atoms. The second kappa shape index (κ2) is 8.10. The predicted octanol–water partition coefficient (Wildman–Crippen LogP) is 2.34. The van der Waals surface area contributed by atoms with Crippen LogP contribution in [-0.2, 0) is 22.5 Å². The molecule has 2 aliphatic heterocycles. The molecule has 0 saturated carbocycles. The molecule has 1 aromatic carbocycles. The Hall–Kier alpha value is -2.73. The molecule has 28 heavy (non-hydrogen) atoms. The van der Waals surface area contributed by atoms with Gasteiger partial charge in [-0.3, -0.25) is 14.6 Å². The van der Waals surface area contributed by atoms with Gasteiger partial charge in [-0.2, -0.15) is 0 Å². The zero-order valence-electron chi connectivity index (χ0n) is 15.9. The number of carbonyl (C=O) groups is 2. The predicted molar refractivity (Wildman–Crippen MR) is 105 cm³/mol. The number of amides is 2. The van der Waals surface area contributed by atoms with Crippen molar-refractivity contribution in [1.29, 1.82) is 0 Å². The second-order valence-corrected chi connectivity index (χ2v) is 7.52. The Morgan fingerprint density at radius 3 is 2.64 bits per heavy atom. The van der Waals surface area contributed by atoms with Gasteiger partial charge in [0.25, 0.3) is 5.91 Å². The minimum absolute atomic E-state index is 0.0142. The lowest BCUT2D eigenvalue weighted by Crippen LogP contribution is -2.54. The van der Waals surface area contributed by atoms with Crippen LogP contribution < -0.4 is 5.32 Å². The number of hydrogen-bond acceptors (Lipinski definition) is 4. The maximum absolute atomic E-state index is 13.0. The first kappa shape index (κ1) is 18.6. The van der Waals surface area contributed by atoms with Crippen molar-refractivity contribution in [2.45, 2.75) is 37.8 Å². The lowest BCUT2D eigenvalue weighted by Gasteiger charge is -2.44. The number of hydrogen-bond donors (Lipinski definition) is 1. The Kier molecular flexibility index (Phi) is 5.39. The molecule has 1 aromatic heterocycles. The van der Waals surface area contributed by atoms with Crippen molar-refractivity contribution < 1.29 is 14.3 Å². The first-order valence-corrected chi connectivity index (χ1v) is 9.81. The summed E-state index contributed by atoms with van der Waals surface area (Å²) in [5.74, 6) is 0.0156. The lowest BCUT2D eigenvalue weighted by molar-refractivity contribution is -0.125. The third-order valence-corrected chi connectivity index (χ3v) is 5.79. The fraction of sp³-hybridized carbons (Fsp3) is 0.409. The molecule has 2 amide bonds. The lowest BCUT2D eigenvalue weighted by atomic mass is 9.84. The minimum atomic E-state index is -0.477. The Morgan fingerprint density at radius 2 is 1.89 bits per heavy atom. The number of aromatic nitrogens is 1. The molecule has 0 atom stereocenters. The highest BCUT2D eigenvalue weighted by Crippen LogP contribution is 2.37. The molecule has 1 N–H and O–H groups in total. The summed E-state index contributed by atoms with van der Waals surface area (Å²) < 4.78 is 5.54. The maximum atomic E-state index is 13.0. The number of rotatable bonds is 6. The quantitative estimate of drug-likeness (QED) is 0.836. The zero-order valence-corrected chi connectivity index (χ0v) is 15.9. The van der Waals surface area contributed by atoms with Crippen molar-refractivity contribution in [3.8, 4) is 0 Å². The summed E-state index contributed by atoms with van der Waals surface area (Å²) in [4.78, 5) is 31.7. The molecule has 1 saturated heterocycles. The second-order valence-electron chi connectivity index (χ2n) is 7.52. The molecule has 0 radical (unpaired) electrons. The number of pyridine rings is 1. The van der Waals surface area contributed by atoms with E-state index in [1.54, 1.807) is 12.4 Å². The minimum Gasteiger partial charge on any atom is -0.381 e. The van der Waals surface area contributed by atoms with E-state index in [0.29, 0.717) is 45.6 Å². The summed E-state index contributed by atoms with van der Waals surface area (Å²) in [6, 6.07) is 11.6. The van der Waals surface area contributed by atoms with Crippen LogP contribution in [0.15, 0.2) is 48.8 Å². The highest BCUT2D eigenvalue weighted by Gasteiger charge is 2.45. The number of benzene rings is 1. The standard InChI is InChI=1S/C22H25N3O3/c26-20(24-12-7-17-5-10-23-11-6-17)15-22(8-13-28-14-9-22)25-16-18-3-1-2-4-19(18)21(25)27/h1-6,10-11H,7-9,12-16H2,(H,24,26). The molecule has 1 fully saturated rings. The largest absolute Gasteiger partial charge is 0.381 e. The molecule has 6 heteroatoms. The van der Waals surface area contributed by atoms with Crippen LogP contribution in [0.3, 0.4) is 0 Å². The zero-order chi connectivity index (χ0) is 19.4. The monoisotopic (exact) mass is 379 g/mol. The van der Waals surface area contributed by atoms with Gasteiger partial charge in [0.05, 0.1) is 12.0 Å². The fourth-order valence-corrected chi connectivity index (χ4v) is 4.19. The third-order valence-electron chi connectivity index (χ3n) is 5.79. The van der Waals surface area contributed by atoms with Crippen molar-refractivity contribution >= 4 is 11.8 Å². The van der Waals surface area contributed by atoms with Crippen LogP contribution in [0.2, 0.25) is 0 Å². The van der Waals surface area contributed by atoms with E-state index in [0.717, 1.165) is 23.1 Å². The normalized spacial score (nSPS) is 18.0. The van der Waals surface area contributed by atoms with E-state index in [-0.39, 0.29) is 11.8 Å². The van der Waals surface area contributed by atoms with E-state index in [1.165, 1.54) is 0 Å². The van der Waals surface area contributed by atoms with E-state index >= 15 is 0 Å². The first-order chi connectivity index (χ1) is 13.7. The fourth-order valence-electron chi connectivity index (χ4n) is 4.19. The van der Waals surface area contributed by atoms with E-state index in [4.69, 9.17) is 4.74 Å². The van der Waals surface area contributed by atoms with Gasteiger partial charge < -0.3 is 15.0 Å². The SMILES string of the molecule is O=C(CC1(N2Cc3ccccc3C2=O)CCOCC1)NCCc1ccncc1. The van der Waals surface area contributed by atoms with Gasteiger partial charge in [0, 0.05) is 44.3 Å². The van der Waals surface area contributed by atoms with Gasteiger partial charge in [0.15, 0.2) is 0 Å². The van der Waals surface area contributed by atoms with Gasteiger partial charge in [-0.15, -0.1) is 0 Å². The highest BCUT2D eigenvalue weighted by molar-refractivity contribution is 5.99. The van der Waals surface area contributed by atoms with Crippen molar-refractivity contribution in [3.63, 3.8) is 0 Å². The van der Waals surface area contributed by atoms with Crippen molar-refractivity contribution in [2.24, 2.45) is 0 Å². The topological polar surface area (TPSA) is 71.5 Å². The Bertz CT molecular complexity index is 847. The molecular weight excluding hydrogens is 354 g/mol. The van der Waals surface area contributed by atoms with Crippen LogP contribution in [-0.4, -0.2) is 47.0 Å². The van der Waals surface area contributed by atoms with Crippen LogP contribution in [0.4, 0.5) is 0 Å². The molecule has 0 unspecified atom stereocenters. The molecule has 6 nitrogen and oxygen atoms in total. The van der Waals surface area contributed by atoms with Gasteiger partial charge in [-0.25, -0.2) is 0 Å². The van der Waals surface area contributed by atoms with E-state index in [1.807, 2.05) is 41.3 Å². The van der Waals surface area contributed by atoms with Gasteiger partial charge >= 0.3 is 0 Å². The summed E-state index contributed by atoms with van der Waals surface area (Å²) in [6.45, 7) is 2.29. The number of carbonyl (C=O) groups excluding carboxylic acids is 2. The van der Waals surface area contributed by atoms with E-state index in [2.05, 4.69) is 10.3 Å². The first-order valence-electron chi connectivity index (χ1n) is 9.81. The number of nitrogens with one attached hydrogen (secondary N) is 1. The molecule has 0 aliphatic carbocycles. The summed E-state index contributed by atoms with van der Waals surface area (Å²) >= 11 is 0. The Labute approximate surface area is 164 Å². The summed E-state index contributed by atoms with van der Waals surface area (Å²) in [6.07, 6.45) is 5.95. The van der Waals surface area contributed by atoms with Crippen LogP contribution in [0, 0.1) is 0 Å². The van der Waals surface area contributed by atoms with Crippen LogP contribution in [0.1, 0.15) is 40.7 Å². The molecule has 146 valence electrons. The number of ether oxygens (including phenoxy) is 1. The average Bonchev–Trinajstić information content (AvgIpc) is 3.07. The van der Waals surface area contributed by atoms with Gasteiger partial charge in [-0.1, -0.05) is 18.2 Å². The maximum Gasteiger partial charge on any atom is 0.254 e. The van der Waals surface area contributed by atoms with Crippen molar-refractivity contribution in [3.05, 3.63) is 65.5 Å². The van der Waals surface area contributed by atoms with Gasteiger partial charge in [0.2, 0.25) is 5.91 Å². The summed E-state index contributed by atoms with van der Waals surface area (Å²) in [7, 11) is 0. The summed E-state index contributed by atoms with van der Waals surface area (Å²) in [5.41, 5.74) is 2.46. The molecule has 3 heterocycles. The van der Waals surface area contributed by atoms with E-state index in [9.17, 15) is 9.59 Å². The third kappa shape index (κ3) is 3.78. The van der Waals surface area contributed by atoms with Crippen LogP contribution >= 0.6 is 0 Å². The molecule has 2 aliphatic rings. The number of nitrogens with zero attached hydrogens (tertiary/aromatic N) is 2. The smallest absolute Gasteiger partial charge is 0.254 e. The summed E-state index contributed by atoms with van der Waals surface area (Å²) in [5, 5.41) is 3.02. The van der Waals surface area contributed by atoms with Crippen molar-refractivity contribution in [1.82, 2.24) is 15.2 Å². The Morgan fingerprint density at radius 1 is 1.14 bits per heavy atom. The average molecular weight is 379 g/mol. The van der Waals surface area contributed by atoms with Crippen LogP contribution in [0.25, 0.3) is 0 Å². The highest BCUT2D eigenvalue weighted by atomic mass is 16.5. The Balaban J connectivity index is 1.43. The van der Waals surface area contributed by atoms with Crippen molar-refractivity contribution in [2.75, 3.05) is 19.8 Å². The van der Waals surface area contributed by atoms with E-state index < -0.39 is 5.54 Å².